The van der Waals surface area contributed by atoms with Gasteiger partial charge in [0.1, 0.15) is 0 Å². The zero-order valence-electron chi connectivity index (χ0n) is 8.34. The fourth-order valence-corrected chi connectivity index (χ4v) is 1.15. The van der Waals surface area contributed by atoms with Gasteiger partial charge in [-0.15, -0.1) is 0 Å². The number of primary amides is 1. The standard InChI is InChI=1S/C10H12N2O3/c1-2-15-10(14)8(9(11)13)7-5-3-4-6-12-7/h3-6,8H,2H2,1H3,(H2,11,13). The van der Waals surface area contributed by atoms with Crippen LogP contribution in [0.25, 0.3) is 0 Å². The van der Waals surface area contributed by atoms with Crippen molar-refractivity contribution in [3.05, 3.63) is 30.1 Å². The molecule has 1 aromatic heterocycles. The number of esters is 1. The van der Waals surface area contributed by atoms with Crippen molar-refractivity contribution in [3.63, 3.8) is 0 Å². The molecule has 0 fully saturated rings. The average molecular weight is 208 g/mol. The van der Waals surface area contributed by atoms with Crippen LogP contribution < -0.4 is 5.73 Å². The summed E-state index contributed by atoms with van der Waals surface area (Å²) in [4.78, 5) is 26.4. The van der Waals surface area contributed by atoms with Crippen molar-refractivity contribution in [2.75, 3.05) is 6.61 Å². The van der Waals surface area contributed by atoms with E-state index in [4.69, 9.17) is 10.5 Å². The zero-order valence-corrected chi connectivity index (χ0v) is 8.34. The molecule has 0 radical (unpaired) electrons. The molecule has 0 bridgehead atoms. The number of pyridine rings is 1. The molecule has 0 saturated carbocycles. The lowest BCUT2D eigenvalue weighted by atomic mass is 10.0. The SMILES string of the molecule is CCOC(=O)C(C(N)=O)c1ccccn1. The van der Waals surface area contributed by atoms with E-state index in [1.54, 1.807) is 25.1 Å². The molecule has 1 amide bonds. The summed E-state index contributed by atoms with van der Waals surface area (Å²) in [5.41, 5.74) is 5.43. The van der Waals surface area contributed by atoms with Crippen LogP contribution in [0, 0.1) is 0 Å². The fourth-order valence-electron chi connectivity index (χ4n) is 1.15. The van der Waals surface area contributed by atoms with Gasteiger partial charge < -0.3 is 10.5 Å². The molecular weight excluding hydrogens is 196 g/mol. The molecule has 0 spiro atoms. The maximum absolute atomic E-state index is 11.4. The predicted molar refractivity (Wildman–Crippen MR) is 52.8 cm³/mol. The summed E-state index contributed by atoms with van der Waals surface area (Å²) in [6.45, 7) is 1.86. The number of carbonyl (C=O) groups excluding carboxylic acids is 2. The Morgan fingerprint density at radius 1 is 1.53 bits per heavy atom. The lowest BCUT2D eigenvalue weighted by Gasteiger charge is -2.10. The molecule has 1 aromatic rings. The predicted octanol–water partition coefficient (Wildman–Crippen LogP) is 0.214. The summed E-state index contributed by atoms with van der Waals surface area (Å²) >= 11 is 0. The third-order valence-electron chi connectivity index (χ3n) is 1.79. The number of carbonyl (C=O) groups is 2. The van der Waals surface area contributed by atoms with Gasteiger partial charge >= 0.3 is 5.97 Å². The van der Waals surface area contributed by atoms with Gasteiger partial charge in [0.05, 0.1) is 12.3 Å². The Balaban J connectivity index is 2.94. The minimum Gasteiger partial charge on any atom is -0.465 e. The van der Waals surface area contributed by atoms with Gasteiger partial charge in [0.2, 0.25) is 5.91 Å². The molecule has 5 nitrogen and oxygen atoms in total. The second-order valence-electron chi connectivity index (χ2n) is 2.84. The van der Waals surface area contributed by atoms with Crippen molar-refractivity contribution in [3.8, 4) is 0 Å². The Bertz CT molecular complexity index is 351. The second kappa shape index (κ2) is 5.09. The van der Waals surface area contributed by atoms with Crippen LogP contribution in [-0.4, -0.2) is 23.5 Å². The van der Waals surface area contributed by atoms with Crippen LogP contribution in [0.2, 0.25) is 0 Å². The average Bonchev–Trinajstić information content (AvgIpc) is 2.19. The Morgan fingerprint density at radius 2 is 2.27 bits per heavy atom. The Morgan fingerprint density at radius 3 is 2.73 bits per heavy atom. The first-order valence-electron chi connectivity index (χ1n) is 4.53. The van der Waals surface area contributed by atoms with E-state index < -0.39 is 17.8 Å². The van der Waals surface area contributed by atoms with Gasteiger partial charge in [-0.25, -0.2) is 0 Å². The summed E-state index contributed by atoms with van der Waals surface area (Å²) < 4.78 is 4.74. The van der Waals surface area contributed by atoms with Crippen LogP contribution >= 0.6 is 0 Å². The van der Waals surface area contributed by atoms with Crippen LogP contribution in [0.1, 0.15) is 18.5 Å². The minimum absolute atomic E-state index is 0.204. The highest BCUT2D eigenvalue weighted by Gasteiger charge is 2.28. The quantitative estimate of drug-likeness (QED) is 0.566. The lowest BCUT2D eigenvalue weighted by molar-refractivity contribution is -0.147. The molecule has 1 atom stereocenters. The van der Waals surface area contributed by atoms with Crippen LogP contribution in [0.3, 0.4) is 0 Å². The number of rotatable bonds is 4. The van der Waals surface area contributed by atoms with E-state index >= 15 is 0 Å². The Hall–Kier alpha value is -1.91. The van der Waals surface area contributed by atoms with E-state index in [2.05, 4.69) is 4.98 Å². The van der Waals surface area contributed by atoms with E-state index in [1.165, 1.54) is 6.20 Å². The molecule has 0 aliphatic rings. The first-order valence-corrected chi connectivity index (χ1v) is 4.53. The lowest BCUT2D eigenvalue weighted by Crippen LogP contribution is -2.30. The topological polar surface area (TPSA) is 82.3 Å². The number of nitrogens with two attached hydrogens (primary N) is 1. The molecule has 15 heavy (non-hydrogen) atoms. The molecule has 0 aliphatic heterocycles. The van der Waals surface area contributed by atoms with E-state index in [-0.39, 0.29) is 6.61 Å². The number of amides is 1. The van der Waals surface area contributed by atoms with Crippen molar-refractivity contribution >= 4 is 11.9 Å². The molecule has 0 aromatic carbocycles. The highest BCUT2D eigenvalue weighted by Crippen LogP contribution is 2.13. The molecule has 5 heteroatoms. The number of nitrogens with zero attached hydrogens (tertiary/aromatic N) is 1. The van der Waals surface area contributed by atoms with Crippen molar-refractivity contribution in [2.45, 2.75) is 12.8 Å². The zero-order chi connectivity index (χ0) is 11.3. The second-order valence-corrected chi connectivity index (χ2v) is 2.84. The van der Waals surface area contributed by atoms with Crippen LogP contribution in [-0.2, 0) is 14.3 Å². The number of hydrogen-bond acceptors (Lipinski definition) is 4. The van der Waals surface area contributed by atoms with Gasteiger partial charge in [-0.1, -0.05) is 6.07 Å². The molecule has 0 saturated heterocycles. The van der Waals surface area contributed by atoms with Crippen molar-refractivity contribution in [1.29, 1.82) is 0 Å². The molecule has 2 N–H and O–H groups in total. The first-order chi connectivity index (χ1) is 7.16. The summed E-state index contributed by atoms with van der Waals surface area (Å²) in [5.74, 6) is -2.54. The molecule has 80 valence electrons. The fraction of sp³-hybridized carbons (Fsp3) is 0.300. The van der Waals surface area contributed by atoms with E-state index in [0.717, 1.165) is 0 Å². The summed E-state index contributed by atoms with van der Waals surface area (Å²) in [5, 5.41) is 0. The highest BCUT2D eigenvalue weighted by molar-refractivity contribution is 6.02. The van der Waals surface area contributed by atoms with E-state index in [0.29, 0.717) is 5.69 Å². The van der Waals surface area contributed by atoms with Crippen molar-refractivity contribution in [2.24, 2.45) is 5.73 Å². The highest BCUT2D eigenvalue weighted by atomic mass is 16.5. The van der Waals surface area contributed by atoms with Gasteiger partial charge in [0.15, 0.2) is 5.92 Å². The number of ether oxygens (including phenoxy) is 1. The third-order valence-corrected chi connectivity index (χ3v) is 1.79. The van der Waals surface area contributed by atoms with E-state index in [9.17, 15) is 9.59 Å². The van der Waals surface area contributed by atoms with Crippen LogP contribution in [0.5, 0.6) is 0 Å². The third kappa shape index (κ3) is 2.77. The van der Waals surface area contributed by atoms with Crippen molar-refractivity contribution in [1.82, 2.24) is 4.98 Å². The van der Waals surface area contributed by atoms with Crippen molar-refractivity contribution < 1.29 is 14.3 Å². The normalized spacial score (nSPS) is 11.8. The van der Waals surface area contributed by atoms with Gasteiger partial charge in [-0.2, -0.15) is 0 Å². The van der Waals surface area contributed by atoms with Gasteiger partial charge in [0, 0.05) is 6.20 Å². The van der Waals surface area contributed by atoms with Gasteiger partial charge in [0.25, 0.3) is 0 Å². The van der Waals surface area contributed by atoms with E-state index in [1.807, 2.05) is 0 Å². The van der Waals surface area contributed by atoms with Gasteiger partial charge in [-0.05, 0) is 19.1 Å². The molecule has 1 rings (SSSR count). The minimum atomic E-state index is -1.12. The Labute approximate surface area is 87.3 Å². The summed E-state index contributed by atoms with van der Waals surface area (Å²) in [7, 11) is 0. The molecule has 1 unspecified atom stereocenters. The smallest absolute Gasteiger partial charge is 0.324 e. The maximum atomic E-state index is 11.4. The first kappa shape index (κ1) is 11.2. The molecule has 1 heterocycles. The molecule has 0 aliphatic carbocycles. The monoisotopic (exact) mass is 208 g/mol. The number of aromatic nitrogens is 1. The molecular formula is C10H12N2O3. The van der Waals surface area contributed by atoms with Crippen LogP contribution in [0.4, 0.5) is 0 Å². The summed E-state index contributed by atoms with van der Waals surface area (Å²) in [6.07, 6.45) is 1.49. The Kier molecular flexibility index (Phi) is 3.79. The van der Waals surface area contributed by atoms with Gasteiger partial charge in [-0.3, -0.25) is 14.6 Å². The maximum Gasteiger partial charge on any atom is 0.324 e. The number of hydrogen-bond donors (Lipinski definition) is 1. The van der Waals surface area contributed by atoms with Crippen LogP contribution in [0.15, 0.2) is 24.4 Å². The summed E-state index contributed by atoms with van der Waals surface area (Å²) in [6, 6.07) is 4.93. The largest absolute Gasteiger partial charge is 0.465 e.